The summed E-state index contributed by atoms with van der Waals surface area (Å²) in [7, 11) is 1.82. The Kier molecular flexibility index (Phi) is 2.96. The van der Waals surface area contributed by atoms with Crippen LogP contribution >= 0.6 is 0 Å². The molecule has 0 aromatic heterocycles. The van der Waals surface area contributed by atoms with Crippen LogP contribution in [-0.2, 0) is 5.11 Å². The van der Waals surface area contributed by atoms with E-state index in [9.17, 15) is 5.11 Å². The summed E-state index contributed by atoms with van der Waals surface area (Å²) in [5, 5.41) is 10.00. The van der Waals surface area contributed by atoms with Crippen LogP contribution in [0.4, 0.5) is 0 Å². The fourth-order valence-electron chi connectivity index (χ4n) is 0.149. The van der Waals surface area contributed by atoms with Crippen molar-refractivity contribution in [1.82, 2.24) is 4.90 Å². The van der Waals surface area contributed by atoms with Crippen molar-refractivity contribution in [3.63, 3.8) is 0 Å². The summed E-state index contributed by atoms with van der Waals surface area (Å²) in [5.74, 6) is 0. The van der Waals surface area contributed by atoms with Gasteiger partial charge in [-0.25, -0.2) is 5.11 Å². The zero-order chi connectivity index (χ0) is 5.86. The van der Waals surface area contributed by atoms with Crippen molar-refractivity contribution in [2.45, 2.75) is 19.9 Å². The maximum Gasteiger partial charge on any atom is 0.135 e. The lowest BCUT2D eigenvalue weighted by molar-refractivity contribution is 0.0507. The van der Waals surface area contributed by atoms with Crippen LogP contribution in [0.15, 0.2) is 0 Å². The van der Waals surface area contributed by atoms with Gasteiger partial charge in [0, 0.05) is 6.04 Å². The average molecular weight is 102 g/mol. The minimum Gasteiger partial charge on any atom is -0.279 e. The van der Waals surface area contributed by atoms with Gasteiger partial charge >= 0.3 is 0 Å². The Hall–Kier alpha value is -0.0800. The molecule has 0 aliphatic rings. The van der Waals surface area contributed by atoms with Gasteiger partial charge in [-0.15, -0.1) is 0 Å². The Labute approximate surface area is 44.8 Å². The van der Waals surface area contributed by atoms with Crippen LogP contribution in [0.3, 0.4) is 0 Å². The Morgan fingerprint density at radius 2 is 2.00 bits per heavy atom. The SMILES string of the molecule is CC(C)N(C)C[O]. The Bertz CT molecular complexity index is 45.3. The quantitative estimate of drug-likeness (QED) is 0.471. The molecule has 0 bridgehead atoms. The highest BCUT2D eigenvalue weighted by molar-refractivity contribution is 4.48. The minimum absolute atomic E-state index is 0.0995. The maximum absolute atomic E-state index is 10.00. The Balaban J connectivity index is 3.14. The largest absolute Gasteiger partial charge is 0.279 e. The fraction of sp³-hybridized carbons (Fsp3) is 1.00. The molecule has 0 unspecified atom stereocenters. The molecule has 0 aliphatic carbocycles. The van der Waals surface area contributed by atoms with Crippen LogP contribution in [0.25, 0.3) is 0 Å². The van der Waals surface area contributed by atoms with Crippen LogP contribution in [0.5, 0.6) is 0 Å². The van der Waals surface area contributed by atoms with Gasteiger partial charge in [-0.2, -0.15) is 0 Å². The first-order valence-electron chi connectivity index (χ1n) is 2.47. The Morgan fingerprint density at radius 3 is 2.00 bits per heavy atom. The number of hydrogen-bond donors (Lipinski definition) is 0. The molecule has 1 radical (unpaired) electrons. The van der Waals surface area contributed by atoms with E-state index < -0.39 is 0 Å². The number of nitrogens with zero attached hydrogens (tertiary/aromatic N) is 1. The third-order valence-electron chi connectivity index (χ3n) is 1.09. The van der Waals surface area contributed by atoms with E-state index in [2.05, 4.69) is 0 Å². The van der Waals surface area contributed by atoms with E-state index in [1.165, 1.54) is 0 Å². The molecule has 0 aromatic carbocycles. The first-order chi connectivity index (χ1) is 3.18. The van der Waals surface area contributed by atoms with Crippen molar-refractivity contribution < 1.29 is 5.11 Å². The number of rotatable bonds is 2. The molecule has 43 valence electrons. The normalized spacial score (nSPS) is 11.1. The molecule has 0 fully saturated rings. The molecular formula is C5H12NO. The van der Waals surface area contributed by atoms with Gasteiger partial charge in [0.05, 0.1) is 0 Å². The lowest BCUT2D eigenvalue weighted by Crippen LogP contribution is -2.26. The highest BCUT2D eigenvalue weighted by Crippen LogP contribution is 1.88. The minimum atomic E-state index is -0.0995. The molecule has 0 aromatic rings. The topological polar surface area (TPSA) is 23.1 Å². The van der Waals surface area contributed by atoms with Crippen LogP contribution in [0.1, 0.15) is 13.8 Å². The third kappa shape index (κ3) is 2.60. The summed E-state index contributed by atoms with van der Waals surface area (Å²) in [6, 6.07) is 0.387. The van der Waals surface area contributed by atoms with E-state index in [0.29, 0.717) is 6.04 Å². The zero-order valence-corrected chi connectivity index (χ0v) is 5.14. The fourth-order valence-corrected chi connectivity index (χ4v) is 0.149. The average Bonchev–Trinajstić information content (AvgIpc) is 1.65. The van der Waals surface area contributed by atoms with Gasteiger partial charge < -0.3 is 0 Å². The molecule has 0 aliphatic heterocycles. The lowest BCUT2D eigenvalue weighted by atomic mass is 10.4. The van der Waals surface area contributed by atoms with Gasteiger partial charge in [-0.3, -0.25) is 4.90 Å². The summed E-state index contributed by atoms with van der Waals surface area (Å²) in [6.07, 6.45) is 0. The second-order valence-corrected chi connectivity index (χ2v) is 1.98. The van der Waals surface area contributed by atoms with Gasteiger partial charge in [-0.1, -0.05) is 0 Å². The van der Waals surface area contributed by atoms with Gasteiger partial charge in [0.2, 0.25) is 0 Å². The third-order valence-corrected chi connectivity index (χ3v) is 1.09. The first kappa shape index (κ1) is 6.92. The molecule has 0 saturated carbocycles. The van der Waals surface area contributed by atoms with E-state index >= 15 is 0 Å². The van der Waals surface area contributed by atoms with Crippen LogP contribution < -0.4 is 0 Å². The van der Waals surface area contributed by atoms with Crippen LogP contribution in [-0.4, -0.2) is 24.7 Å². The van der Waals surface area contributed by atoms with Crippen molar-refractivity contribution in [3.05, 3.63) is 0 Å². The van der Waals surface area contributed by atoms with Gasteiger partial charge in [0.15, 0.2) is 0 Å². The molecule has 7 heavy (non-hydrogen) atoms. The molecule has 0 spiro atoms. The van der Waals surface area contributed by atoms with Crippen LogP contribution in [0.2, 0.25) is 0 Å². The van der Waals surface area contributed by atoms with Crippen molar-refractivity contribution in [3.8, 4) is 0 Å². The summed E-state index contributed by atoms with van der Waals surface area (Å²) in [6.45, 7) is 3.90. The van der Waals surface area contributed by atoms with Gasteiger partial charge in [0.25, 0.3) is 0 Å². The summed E-state index contributed by atoms with van der Waals surface area (Å²) in [5.41, 5.74) is 0. The smallest absolute Gasteiger partial charge is 0.135 e. The molecule has 0 N–H and O–H groups in total. The van der Waals surface area contributed by atoms with Crippen molar-refractivity contribution in [2.24, 2.45) is 0 Å². The van der Waals surface area contributed by atoms with Crippen molar-refractivity contribution in [1.29, 1.82) is 0 Å². The van der Waals surface area contributed by atoms with E-state index in [0.717, 1.165) is 0 Å². The molecule has 2 heteroatoms. The van der Waals surface area contributed by atoms with Gasteiger partial charge in [-0.05, 0) is 20.9 Å². The van der Waals surface area contributed by atoms with E-state index in [4.69, 9.17) is 0 Å². The second-order valence-electron chi connectivity index (χ2n) is 1.98. The van der Waals surface area contributed by atoms with Crippen LogP contribution in [0, 0.1) is 0 Å². The highest BCUT2D eigenvalue weighted by Gasteiger charge is 1.98. The monoisotopic (exact) mass is 102 g/mol. The molecule has 2 nitrogen and oxygen atoms in total. The molecule has 0 amide bonds. The highest BCUT2D eigenvalue weighted by atomic mass is 16.3. The molecular weight excluding hydrogens is 90.1 g/mol. The second kappa shape index (κ2) is 2.99. The van der Waals surface area contributed by atoms with Crippen molar-refractivity contribution >= 4 is 0 Å². The summed E-state index contributed by atoms with van der Waals surface area (Å²) < 4.78 is 0. The Morgan fingerprint density at radius 1 is 1.57 bits per heavy atom. The number of hydrogen-bond acceptors (Lipinski definition) is 1. The van der Waals surface area contributed by atoms with E-state index in [-0.39, 0.29) is 6.73 Å². The summed E-state index contributed by atoms with van der Waals surface area (Å²) in [4.78, 5) is 1.74. The maximum atomic E-state index is 10.00. The standard InChI is InChI=1S/C5H12NO/c1-5(2)6(3)4-7/h5H,4H2,1-3H3. The zero-order valence-electron chi connectivity index (χ0n) is 5.14. The van der Waals surface area contributed by atoms with E-state index in [1.807, 2.05) is 20.9 Å². The molecule has 0 atom stereocenters. The molecule has 0 rings (SSSR count). The van der Waals surface area contributed by atoms with E-state index in [1.54, 1.807) is 4.90 Å². The lowest BCUT2D eigenvalue weighted by Gasteiger charge is -2.15. The van der Waals surface area contributed by atoms with Gasteiger partial charge in [0.1, 0.15) is 6.73 Å². The van der Waals surface area contributed by atoms with Crippen molar-refractivity contribution in [2.75, 3.05) is 13.8 Å². The first-order valence-corrected chi connectivity index (χ1v) is 2.47. The predicted molar refractivity (Wildman–Crippen MR) is 28.5 cm³/mol. The predicted octanol–water partition coefficient (Wildman–Crippen LogP) is 0.715. The summed E-state index contributed by atoms with van der Waals surface area (Å²) >= 11 is 0. The molecule has 0 heterocycles. The molecule has 0 saturated heterocycles.